The highest BCUT2D eigenvalue weighted by atomic mass is 127. The van der Waals surface area contributed by atoms with E-state index in [1.54, 1.807) is 0 Å². The lowest BCUT2D eigenvalue weighted by Crippen LogP contribution is -2.46. The van der Waals surface area contributed by atoms with Crippen molar-refractivity contribution in [2.45, 2.75) is 11.4 Å². The summed E-state index contributed by atoms with van der Waals surface area (Å²) in [4.78, 5) is 37.5. The minimum Gasteiger partial charge on any atom is -0.322 e. The molecular formula is C6H14INO6P2. The normalized spacial score (nSPS) is 21.6. The molecule has 0 spiro atoms. The number of halogens is 1. The van der Waals surface area contributed by atoms with Gasteiger partial charge in [-0.2, -0.15) is 0 Å². The summed E-state index contributed by atoms with van der Waals surface area (Å²) < 4.78 is 22.5. The van der Waals surface area contributed by atoms with Gasteiger partial charge in [-0.05, 0) is 19.5 Å². The molecule has 0 unspecified atom stereocenters. The van der Waals surface area contributed by atoms with E-state index >= 15 is 0 Å². The molecule has 7 nitrogen and oxygen atoms in total. The average Bonchev–Trinajstić information content (AvgIpc) is 2.00. The zero-order valence-electron chi connectivity index (χ0n) is 8.42. The Morgan fingerprint density at radius 2 is 1.62 bits per heavy atom. The quantitative estimate of drug-likeness (QED) is 0.311. The van der Waals surface area contributed by atoms with Gasteiger partial charge in [-0.3, -0.25) is 14.0 Å². The summed E-state index contributed by atoms with van der Waals surface area (Å²) in [7, 11) is -8.67. The van der Waals surface area contributed by atoms with Crippen LogP contribution >= 0.6 is 39.2 Å². The summed E-state index contributed by atoms with van der Waals surface area (Å²) >= 11 is 0. The molecule has 10 heteroatoms. The summed E-state index contributed by atoms with van der Waals surface area (Å²) in [5.41, 5.74) is 0. The average molecular weight is 385 g/mol. The minimum atomic E-state index is -4.97. The van der Waals surface area contributed by atoms with E-state index in [9.17, 15) is 9.13 Å². The maximum atomic E-state index is 11.3. The fourth-order valence-corrected chi connectivity index (χ4v) is 4.66. The molecule has 0 saturated carbocycles. The van der Waals surface area contributed by atoms with E-state index in [-0.39, 0.29) is 30.5 Å². The van der Waals surface area contributed by atoms with Crippen LogP contribution in [0.15, 0.2) is 12.2 Å². The van der Waals surface area contributed by atoms with Crippen LogP contribution in [0.4, 0.5) is 0 Å². The predicted molar refractivity (Wildman–Crippen MR) is 68.6 cm³/mol. The fourth-order valence-electron chi connectivity index (χ4n) is 1.61. The van der Waals surface area contributed by atoms with Crippen LogP contribution in [-0.2, 0) is 9.13 Å². The maximum Gasteiger partial charge on any atom is 0.362 e. The fraction of sp³-hybridized carbons (Fsp3) is 0.667. The first-order chi connectivity index (χ1) is 6.63. The summed E-state index contributed by atoms with van der Waals surface area (Å²) in [6, 6.07) is 0. The SMILES string of the molecule is CN1CCC=CC1(P(=O)(O)O)P(=O)(O)O.I. The van der Waals surface area contributed by atoms with Gasteiger partial charge in [0, 0.05) is 6.54 Å². The van der Waals surface area contributed by atoms with Crippen LogP contribution < -0.4 is 0 Å². The Morgan fingerprint density at radius 1 is 1.19 bits per heavy atom. The first-order valence-electron chi connectivity index (χ1n) is 4.13. The second kappa shape index (κ2) is 5.16. The van der Waals surface area contributed by atoms with E-state index in [1.807, 2.05) is 0 Å². The number of hydrogen-bond donors (Lipinski definition) is 4. The summed E-state index contributed by atoms with van der Waals surface area (Å²) in [5.74, 6) is 0. The second-order valence-corrected chi connectivity index (χ2v) is 7.28. The van der Waals surface area contributed by atoms with Crippen LogP contribution in [0.2, 0.25) is 0 Å². The molecule has 16 heavy (non-hydrogen) atoms. The van der Waals surface area contributed by atoms with Gasteiger partial charge in [0.2, 0.25) is 5.02 Å². The zero-order valence-corrected chi connectivity index (χ0v) is 12.5. The third-order valence-electron chi connectivity index (χ3n) is 2.39. The second-order valence-electron chi connectivity index (χ2n) is 3.39. The lowest BCUT2D eigenvalue weighted by Gasteiger charge is -2.41. The molecule has 0 amide bonds. The van der Waals surface area contributed by atoms with Crippen LogP contribution in [0.1, 0.15) is 6.42 Å². The molecule has 0 radical (unpaired) electrons. The summed E-state index contributed by atoms with van der Waals surface area (Å²) in [6.45, 7) is 0.187. The van der Waals surface area contributed by atoms with Crippen LogP contribution in [0.3, 0.4) is 0 Å². The van der Waals surface area contributed by atoms with E-state index in [2.05, 4.69) is 0 Å². The molecule has 4 N–H and O–H groups in total. The molecule has 1 rings (SSSR count). The standard InChI is InChI=1S/C6H13NO6P2.HI/c1-7-5-3-2-4-6(7,14(8,9)10)15(11,12)13;/h2,4H,3,5H2,1H3,(H2,8,9,10)(H2,11,12,13);1H. The monoisotopic (exact) mass is 385 g/mol. The first-order valence-corrected chi connectivity index (χ1v) is 7.35. The Kier molecular flexibility index (Phi) is 5.39. The molecule has 1 heterocycles. The highest BCUT2D eigenvalue weighted by Gasteiger charge is 2.61. The van der Waals surface area contributed by atoms with Gasteiger partial charge in [-0.25, -0.2) is 0 Å². The van der Waals surface area contributed by atoms with Gasteiger partial charge in [-0.15, -0.1) is 24.0 Å². The van der Waals surface area contributed by atoms with Crippen molar-refractivity contribution in [2.24, 2.45) is 0 Å². The van der Waals surface area contributed by atoms with Gasteiger partial charge in [0.15, 0.2) is 0 Å². The van der Waals surface area contributed by atoms with Crippen molar-refractivity contribution in [1.29, 1.82) is 0 Å². The first kappa shape index (κ1) is 16.7. The topological polar surface area (TPSA) is 118 Å². The summed E-state index contributed by atoms with van der Waals surface area (Å²) in [5, 5.41) is -2.50. The molecule has 1 aliphatic rings. The zero-order chi connectivity index (χ0) is 11.9. The molecule has 0 saturated heterocycles. The Morgan fingerprint density at radius 3 is 1.88 bits per heavy atom. The Hall–Kier alpha value is 0.730. The molecule has 0 aliphatic carbocycles. The molecule has 0 bridgehead atoms. The van der Waals surface area contributed by atoms with Crippen LogP contribution in [0.5, 0.6) is 0 Å². The van der Waals surface area contributed by atoms with Crippen molar-refractivity contribution >= 4 is 39.2 Å². The van der Waals surface area contributed by atoms with E-state index in [4.69, 9.17) is 19.6 Å². The number of rotatable bonds is 2. The minimum absolute atomic E-state index is 0. The van der Waals surface area contributed by atoms with Gasteiger partial charge in [-0.1, -0.05) is 6.08 Å². The third kappa shape index (κ3) is 2.59. The Labute approximate surface area is 110 Å². The Balaban J connectivity index is 0.00000225. The van der Waals surface area contributed by atoms with Gasteiger partial charge in [0.1, 0.15) is 0 Å². The van der Waals surface area contributed by atoms with Gasteiger partial charge >= 0.3 is 15.2 Å². The largest absolute Gasteiger partial charge is 0.362 e. The van der Waals surface area contributed by atoms with Crippen molar-refractivity contribution in [2.75, 3.05) is 13.6 Å². The molecule has 0 aromatic carbocycles. The van der Waals surface area contributed by atoms with Crippen LogP contribution in [-0.4, -0.2) is 43.1 Å². The molecule has 0 aromatic rings. The lowest BCUT2D eigenvalue weighted by atomic mass is 10.3. The number of likely N-dealkylation sites (N-methyl/N-ethyl adjacent to an activating group) is 1. The smallest absolute Gasteiger partial charge is 0.322 e. The van der Waals surface area contributed by atoms with Gasteiger partial charge in [0.05, 0.1) is 0 Å². The van der Waals surface area contributed by atoms with Gasteiger partial charge < -0.3 is 19.6 Å². The van der Waals surface area contributed by atoms with Crippen LogP contribution in [0.25, 0.3) is 0 Å². The van der Waals surface area contributed by atoms with E-state index in [0.717, 1.165) is 11.0 Å². The molecule has 1 aliphatic heterocycles. The van der Waals surface area contributed by atoms with Crippen LogP contribution in [0, 0.1) is 0 Å². The van der Waals surface area contributed by atoms with Crippen molar-refractivity contribution in [3.05, 3.63) is 12.2 Å². The highest BCUT2D eigenvalue weighted by Crippen LogP contribution is 2.71. The molecule has 96 valence electrons. The van der Waals surface area contributed by atoms with Gasteiger partial charge in [0.25, 0.3) is 0 Å². The molecule has 0 atom stereocenters. The number of hydrogen-bond acceptors (Lipinski definition) is 3. The predicted octanol–water partition coefficient (Wildman–Crippen LogP) is 0.505. The lowest BCUT2D eigenvalue weighted by molar-refractivity contribution is 0.210. The molecular weight excluding hydrogens is 371 g/mol. The van der Waals surface area contributed by atoms with E-state index < -0.39 is 20.2 Å². The maximum absolute atomic E-state index is 11.3. The molecule has 0 fully saturated rings. The van der Waals surface area contributed by atoms with E-state index in [0.29, 0.717) is 6.42 Å². The van der Waals surface area contributed by atoms with Crippen molar-refractivity contribution in [3.8, 4) is 0 Å². The third-order valence-corrected chi connectivity index (χ3v) is 6.65. The summed E-state index contributed by atoms with van der Waals surface area (Å²) in [6.07, 6.45) is 2.79. The van der Waals surface area contributed by atoms with Crippen molar-refractivity contribution in [1.82, 2.24) is 4.90 Å². The van der Waals surface area contributed by atoms with E-state index in [1.165, 1.54) is 13.1 Å². The molecule has 0 aromatic heterocycles. The van der Waals surface area contributed by atoms with Crippen molar-refractivity contribution < 1.29 is 28.7 Å². The van der Waals surface area contributed by atoms with Crippen molar-refractivity contribution in [3.63, 3.8) is 0 Å². The number of nitrogens with zero attached hydrogens (tertiary/aromatic N) is 1. The Bertz CT molecular complexity index is 351. The highest BCUT2D eigenvalue weighted by molar-refractivity contribution is 14.0.